The second kappa shape index (κ2) is 10.2. The van der Waals surface area contributed by atoms with Gasteiger partial charge in [-0.15, -0.1) is 23.1 Å². The van der Waals surface area contributed by atoms with Gasteiger partial charge in [-0.25, -0.2) is 8.42 Å². The Kier molecular flexibility index (Phi) is 7.21. The molecule has 0 aliphatic rings. The van der Waals surface area contributed by atoms with Crippen molar-refractivity contribution in [3.05, 3.63) is 82.9 Å². The molecule has 0 aliphatic heterocycles. The number of aromatic nitrogens is 1. The van der Waals surface area contributed by atoms with Gasteiger partial charge >= 0.3 is 0 Å². The maximum atomic E-state index is 12.9. The van der Waals surface area contributed by atoms with E-state index < -0.39 is 14.8 Å². The quantitative estimate of drug-likeness (QED) is 0.275. The predicted molar refractivity (Wildman–Crippen MR) is 142 cm³/mol. The highest BCUT2D eigenvalue weighted by atomic mass is 32.2. The molecular weight excluding hydrogens is 501 g/mol. The third-order valence-electron chi connectivity index (χ3n) is 5.43. The predicted octanol–water partition coefficient (Wildman–Crippen LogP) is 5.28. The maximum Gasteiger partial charge on any atom is 0.271 e. The zero-order chi connectivity index (χ0) is 25.1. The van der Waals surface area contributed by atoms with E-state index in [9.17, 15) is 18.5 Å². The van der Waals surface area contributed by atoms with Crippen molar-refractivity contribution in [2.45, 2.75) is 28.6 Å². The van der Waals surface area contributed by atoms with Gasteiger partial charge in [0, 0.05) is 17.7 Å². The lowest BCUT2D eigenvalue weighted by molar-refractivity contribution is 0.0948. The Hall–Kier alpha value is -3.26. The van der Waals surface area contributed by atoms with Gasteiger partial charge in [-0.2, -0.15) is 5.26 Å². The summed E-state index contributed by atoms with van der Waals surface area (Å²) in [5, 5.41) is 15.0. The lowest BCUT2D eigenvalue weighted by Crippen LogP contribution is -2.37. The molecular formula is C25H24N4O3S3. The smallest absolute Gasteiger partial charge is 0.271 e. The van der Waals surface area contributed by atoms with Crippen molar-refractivity contribution < 1.29 is 13.2 Å². The zero-order valence-corrected chi connectivity index (χ0v) is 21.6. The summed E-state index contributed by atoms with van der Waals surface area (Å²) in [5.74, 6) is 0.284. The molecule has 0 spiro atoms. The van der Waals surface area contributed by atoms with E-state index in [-0.39, 0.29) is 22.4 Å². The Balaban J connectivity index is 1.48. The fraction of sp³-hybridized carbons (Fsp3) is 0.200. The average molecular weight is 525 g/mol. The SMILES string of the molecule is Cc1ccsc1S(=O)(=O)Nc1cccc2cc(C(=O)NCC(C)(C#N)SCc3ccccc3)[nH]c12. The van der Waals surface area contributed by atoms with Crippen LogP contribution in [0.2, 0.25) is 0 Å². The van der Waals surface area contributed by atoms with Gasteiger partial charge in [-0.3, -0.25) is 9.52 Å². The number of amides is 1. The minimum absolute atomic E-state index is 0.159. The number of fused-ring (bicyclic) bond motifs is 1. The Bertz CT molecular complexity index is 1500. The monoisotopic (exact) mass is 524 g/mol. The van der Waals surface area contributed by atoms with Crippen molar-refractivity contribution in [1.82, 2.24) is 10.3 Å². The third kappa shape index (κ3) is 5.70. The maximum absolute atomic E-state index is 12.9. The lowest BCUT2D eigenvalue weighted by atomic mass is 10.2. The summed E-state index contributed by atoms with van der Waals surface area (Å²) in [6.07, 6.45) is 0. The molecule has 2 heterocycles. The summed E-state index contributed by atoms with van der Waals surface area (Å²) in [5.41, 5.74) is 2.93. The van der Waals surface area contributed by atoms with Gasteiger partial charge < -0.3 is 10.3 Å². The molecule has 180 valence electrons. The number of H-pyrrole nitrogens is 1. The van der Waals surface area contributed by atoms with Crippen LogP contribution in [0.25, 0.3) is 10.9 Å². The van der Waals surface area contributed by atoms with Crippen molar-refractivity contribution in [2.24, 2.45) is 0 Å². The first-order valence-electron chi connectivity index (χ1n) is 10.8. The summed E-state index contributed by atoms with van der Waals surface area (Å²) in [6, 6.07) is 20.7. The van der Waals surface area contributed by atoms with Crippen LogP contribution in [0.4, 0.5) is 5.69 Å². The van der Waals surface area contributed by atoms with Crippen LogP contribution in [0.3, 0.4) is 0 Å². The first-order chi connectivity index (χ1) is 16.7. The number of hydrogen-bond acceptors (Lipinski definition) is 6. The van der Waals surface area contributed by atoms with E-state index in [1.165, 1.54) is 11.8 Å². The largest absolute Gasteiger partial charge is 0.349 e. The molecule has 3 N–H and O–H groups in total. The number of nitrogens with one attached hydrogen (secondary N) is 3. The molecule has 0 saturated heterocycles. The molecule has 35 heavy (non-hydrogen) atoms. The average Bonchev–Trinajstić information content (AvgIpc) is 3.49. The van der Waals surface area contributed by atoms with Crippen LogP contribution < -0.4 is 10.0 Å². The Morgan fingerprint density at radius 2 is 1.94 bits per heavy atom. The molecule has 1 atom stereocenters. The van der Waals surface area contributed by atoms with Crippen LogP contribution >= 0.6 is 23.1 Å². The van der Waals surface area contributed by atoms with Crippen molar-refractivity contribution in [3.63, 3.8) is 0 Å². The van der Waals surface area contributed by atoms with Crippen molar-refractivity contribution >= 4 is 55.6 Å². The number of nitrogens with zero attached hydrogens (tertiary/aromatic N) is 1. The number of benzene rings is 2. The highest BCUT2D eigenvalue weighted by molar-refractivity contribution is 8.00. The van der Waals surface area contributed by atoms with Crippen molar-refractivity contribution in [2.75, 3.05) is 11.3 Å². The summed E-state index contributed by atoms with van der Waals surface area (Å²) in [7, 11) is -3.76. The molecule has 0 saturated carbocycles. The van der Waals surface area contributed by atoms with Crippen LogP contribution in [-0.4, -0.2) is 30.6 Å². The number of carbonyl (C=O) groups excluding carboxylic acids is 1. The number of nitriles is 1. The van der Waals surface area contributed by atoms with Gasteiger partial charge in [0.05, 0.1) is 17.3 Å². The van der Waals surface area contributed by atoms with E-state index in [2.05, 4.69) is 21.1 Å². The minimum atomic E-state index is -3.76. The highest BCUT2D eigenvalue weighted by Crippen LogP contribution is 2.30. The molecule has 2 aromatic heterocycles. The fourth-order valence-electron chi connectivity index (χ4n) is 3.47. The normalized spacial score (nSPS) is 13.2. The summed E-state index contributed by atoms with van der Waals surface area (Å²) >= 11 is 2.62. The topological polar surface area (TPSA) is 115 Å². The summed E-state index contributed by atoms with van der Waals surface area (Å²) < 4.78 is 27.8. The number of para-hydroxylation sites is 1. The van der Waals surface area contributed by atoms with Gasteiger partial charge in [0.15, 0.2) is 0 Å². The molecule has 1 amide bonds. The van der Waals surface area contributed by atoms with E-state index in [0.29, 0.717) is 27.9 Å². The first-order valence-corrected chi connectivity index (χ1v) is 14.1. The van der Waals surface area contributed by atoms with Gasteiger partial charge in [-0.1, -0.05) is 42.5 Å². The van der Waals surface area contributed by atoms with Crippen LogP contribution in [0.15, 0.2) is 70.3 Å². The third-order valence-corrected chi connectivity index (χ3v) is 9.83. The molecule has 1 unspecified atom stereocenters. The number of anilines is 1. The lowest BCUT2D eigenvalue weighted by Gasteiger charge is -2.21. The molecule has 2 aromatic carbocycles. The molecule has 0 fully saturated rings. The van der Waals surface area contributed by atoms with Crippen LogP contribution in [0, 0.1) is 18.3 Å². The Labute approximate surface area is 212 Å². The fourth-order valence-corrected chi connectivity index (χ4v) is 6.88. The number of sulfonamides is 1. The molecule has 10 heteroatoms. The van der Waals surface area contributed by atoms with Crippen molar-refractivity contribution in [3.8, 4) is 6.07 Å². The van der Waals surface area contributed by atoms with Gasteiger partial charge in [0.25, 0.3) is 15.9 Å². The number of aromatic amines is 1. The first kappa shape index (κ1) is 24.9. The zero-order valence-electron chi connectivity index (χ0n) is 19.2. The number of rotatable bonds is 9. The van der Waals surface area contributed by atoms with Crippen molar-refractivity contribution in [1.29, 1.82) is 5.26 Å². The summed E-state index contributed by atoms with van der Waals surface area (Å²) in [4.78, 5) is 15.9. The Morgan fingerprint density at radius 3 is 2.63 bits per heavy atom. The second-order valence-corrected chi connectivity index (χ2v) is 12.5. The molecule has 0 radical (unpaired) electrons. The minimum Gasteiger partial charge on any atom is -0.349 e. The highest BCUT2D eigenvalue weighted by Gasteiger charge is 2.26. The van der Waals surface area contributed by atoms with E-state index in [4.69, 9.17) is 0 Å². The van der Waals surface area contributed by atoms with E-state index in [1.807, 2.05) is 30.3 Å². The number of carbonyl (C=O) groups is 1. The van der Waals surface area contributed by atoms with Gasteiger partial charge in [0.2, 0.25) is 0 Å². The number of thiophene rings is 1. The Morgan fingerprint density at radius 1 is 1.17 bits per heavy atom. The number of thioether (sulfide) groups is 1. The molecule has 4 aromatic rings. The van der Waals surface area contributed by atoms with E-state index in [1.54, 1.807) is 49.6 Å². The van der Waals surface area contributed by atoms with E-state index in [0.717, 1.165) is 16.9 Å². The molecule has 4 rings (SSSR count). The van der Waals surface area contributed by atoms with Crippen LogP contribution in [-0.2, 0) is 15.8 Å². The van der Waals surface area contributed by atoms with Crippen LogP contribution in [0.5, 0.6) is 0 Å². The van der Waals surface area contributed by atoms with E-state index >= 15 is 0 Å². The van der Waals surface area contributed by atoms with Crippen LogP contribution in [0.1, 0.15) is 28.5 Å². The second-order valence-electron chi connectivity index (χ2n) is 8.25. The number of aryl methyl sites for hydroxylation is 1. The molecule has 0 aliphatic carbocycles. The number of hydrogen-bond donors (Lipinski definition) is 3. The van der Waals surface area contributed by atoms with Gasteiger partial charge in [-0.05, 0) is 48.6 Å². The molecule has 0 bridgehead atoms. The molecule has 7 nitrogen and oxygen atoms in total. The standard InChI is InChI=1S/C25H24N4O3S3/c1-17-11-12-33-24(17)35(31,32)29-20-10-6-9-19-13-21(28-22(19)20)23(30)27-16-25(2,15-26)34-14-18-7-4-3-5-8-18/h3-13,28-29H,14,16H2,1-2H3,(H,27,30). The summed E-state index contributed by atoms with van der Waals surface area (Å²) in [6.45, 7) is 3.70. The van der Waals surface area contributed by atoms with Gasteiger partial charge in [0.1, 0.15) is 14.7 Å².